The average Bonchev–Trinajstić information content (AvgIpc) is 3.25. The minimum atomic E-state index is -0.440. The van der Waals surface area contributed by atoms with Gasteiger partial charge in [-0.3, -0.25) is 9.59 Å². The maximum atomic E-state index is 12.0. The van der Waals surface area contributed by atoms with E-state index in [4.69, 9.17) is 4.42 Å². The molecule has 0 radical (unpaired) electrons. The number of aromatic hydroxyl groups is 1. The van der Waals surface area contributed by atoms with E-state index in [1.807, 2.05) is 0 Å². The Labute approximate surface area is 141 Å². The van der Waals surface area contributed by atoms with Crippen LogP contribution in [-0.4, -0.2) is 28.4 Å². The van der Waals surface area contributed by atoms with Gasteiger partial charge in [0.25, 0.3) is 5.91 Å². The van der Waals surface area contributed by atoms with Crippen molar-refractivity contribution >= 4 is 28.8 Å². The highest BCUT2D eigenvalue weighted by molar-refractivity contribution is 7.13. The number of amides is 2. The lowest BCUT2D eigenvalue weighted by atomic mass is 10.3. The van der Waals surface area contributed by atoms with Crippen LogP contribution in [0.25, 0.3) is 10.8 Å². The van der Waals surface area contributed by atoms with Crippen LogP contribution >= 0.6 is 11.3 Å². The topological polar surface area (TPSA) is 104 Å². The molecule has 0 saturated carbocycles. The predicted octanol–water partition coefficient (Wildman–Crippen LogP) is 2.48. The van der Waals surface area contributed by atoms with Crippen LogP contribution in [0.1, 0.15) is 10.5 Å². The van der Waals surface area contributed by atoms with Gasteiger partial charge >= 0.3 is 0 Å². The highest BCUT2D eigenvalue weighted by Crippen LogP contribution is 2.23. The largest absolute Gasteiger partial charge is 0.508 e. The van der Waals surface area contributed by atoms with E-state index >= 15 is 0 Å². The maximum Gasteiger partial charge on any atom is 0.271 e. The fraction of sp³-hybridized carbons (Fsp3) is 0.0625. The number of hydrogen-bond donors (Lipinski definition) is 3. The molecule has 0 spiro atoms. The lowest BCUT2D eigenvalue weighted by molar-refractivity contribution is -0.115. The van der Waals surface area contributed by atoms with Gasteiger partial charge in [-0.1, -0.05) is 0 Å². The molecule has 2 aromatic heterocycles. The number of phenols is 1. The summed E-state index contributed by atoms with van der Waals surface area (Å²) in [6.45, 7) is -0.187. The second kappa shape index (κ2) is 6.97. The molecule has 7 nitrogen and oxygen atoms in total. The summed E-state index contributed by atoms with van der Waals surface area (Å²) in [4.78, 5) is 28.0. The summed E-state index contributed by atoms with van der Waals surface area (Å²) < 4.78 is 5.22. The van der Waals surface area contributed by atoms with Crippen molar-refractivity contribution in [2.24, 2.45) is 0 Å². The van der Waals surface area contributed by atoms with E-state index in [0.29, 0.717) is 16.5 Å². The van der Waals surface area contributed by atoms with Crippen molar-refractivity contribution in [3.63, 3.8) is 0 Å². The number of nitrogens with zero attached hydrogens (tertiary/aromatic N) is 1. The minimum Gasteiger partial charge on any atom is -0.508 e. The molecule has 0 aliphatic carbocycles. The Hall–Kier alpha value is -3.13. The lowest BCUT2D eigenvalue weighted by Crippen LogP contribution is -2.33. The highest BCUT2D eigenvalue weighted by Gasteiger charge is 2.14. The molecule has 2 amide bonds. The van der Waals surface area contributed by atoms with E-state index in [9.17, 15) is 14.7 Å². The molecule has 0 saturated heterocycles. The van der Waals surface area contributed by atoms with Gasteiger partial charge in [0.1, 0.15) is 11.4 Å². The molecule has 3 rings (SSSR count). The van der Waals surface area contributed by atoms with Gasteiger partial charge in [-0.05, 0) is 36.4 Å². The van der Waals surface area contributed by atoms with Crippen molar-refractivity contribution in [1.82, 2.24) is 10.3 Å². The standard InChI is InChI=1S/C16H13N3O4S/c20-11-5-3-10(4-6-11)18-14(21)8-17-15(22)12-9-24-16(19-12)13-2-1-7-23-13/h1-7,9,20H,8H2,(H,17,22)(H,18,21). The summed E-state index contributed by atoms with van der Waals surface area (Å²) in [6, 6.07) is 9.53. The van der Waals surface area contributed by atoms with Crippen molar-refractivity contribution in [3.8, 4) is 16.5 Å². The first-order valence-electron chi connectivity index (χ1n) is 6.98. The van der Waals surface area contributed by atoms with Gasteiger partial charge in [0, 0.05) is 11.1 Å². The van der Waals surface area contributed by atoms with Crippen molar-refractivity contribution < 1.29 is 19.1 Å². The van der Waals surface area contributed by atoms with Gasteiger partial charge in [-0.2, -0.15) is 0 Å². The van der Waals surface area contributed by atoms with E-state index in [-0.39, 0.29) is 23.9 Å². The van der Waals surface area contributed by atoms with Crippen LogP contribution in [0.4, 0.5) is 5.69 Å². The van der Waals surface area contributed by atoms with E-state index < -0.39 is 5.91 Å². The normalized spacial score (nSPS) is 10.3. The van der Waals surface area contributed by atoms with Gasteiger partial charge in [-0.25, -0.2) is 4.98 Å². The van der Waals surface area contributed by atoms with Crippen LogP contribution in [0.5, 0.6) is 5.75 Å². The molecule has 1 aromatic carbocycles. The fourth-order valence-corrected chi connectivity index (χ4v) is 2.66. The number of benzene rings is 1. The molecule has 2 heterocycles. The van der Waals surface area contributed by atoms with E-state index in [2.05, 4.69) is 15.6 Å². The Morgan fingerprint density at radius 3 is 2.71 bits per heavy atom. The third kappa shape index (κ3) is 3.79. The van der Waals surface area contributed by atoms with Crippen LogP contribution in [0.15, 0.2) is 52.5 Å². The number of carbonyl (C=O) groups excluding carboxylic acids is 2. The van der Waals surface area contributed by atoms with Crippen molar-refractivity contribution in [3.05, 3.63) is 53.7 Å². The van der Waals surface area contributed by atoms with Gasteiger partial charge < -0.3 is 20.2 Å². The number of nitrogens with one attached hydrogen (secondary N) is 2. The quantitative estimate of drug-likeness (QED) is 0.617. The van der Waals surface area contributed by atoms with Crippen LogP contribution in [0.3, 0.4) is 0 Å². The second-order valence-corrected chi connectivity index (χ2v) is 5.65. The number of aromatic nitrogens is 1. The van der Waals surface area contributed by atoms with E-state index in [0.717, 1.165) is 0 Å². The molecule has 3 N–H and O–H groups in total. The number of thiazole rings is 1. The Bertz CT molecular complexity index is 841. The molecule has 122 valence electrons. The summed E-state index contributed by atoms with van der Waals surface area (Å²) in [6.07, 6.45) is 1.53. The van der Waals surface area contributed by atoms with Gasteiger partial charge in [0.15, 0.2) is 10.8 Å². The zero-order valence-electron chi connectivity index (χ0n) is 12.4. The number of carbonyl (C=O) groups is 2. The Balaban J connectivity index is 1.53. The first kappa shape index (κ1) is 15.8. The summed E-state index contributed by atoms with van der Waals surface area (Å²) >= 11 is 1.28. The van der Waals surface area contributed by atoms with Crippen LogP contribution in [-0.2, 0) is 4.79 Å². The number of rotatable bonds is 5. The number of furan rings is 1. The molecule has 0 aliphatic rings. The first-order valence-corrected chi connectivity index (χ1v) is 7.86. The third-order valence-electron chi connectivity index (χ3n) is 3.03. The second-order valence-electron chi connectivity index (χ2n) is 4.79. The highest BCUT2D eigenvalue weighted by atomic mass is 32.1. The van der Waals surface area contributed by atoms with E-state index in [1.54, 1.807) is 29.6 Å². The molecular weight excluding hydrogens is 330 g/mol. The lowest BCUT2D eigenvalue weighted by Gasteiger charge is -2.06. The number of phenolic OH excluding ortho intramolecular Hbond substituents is 1. The number of hydrogen-bond acceptors (Lipinski definition) is 6. The summed E-state index contributed by atoms with van der Waals surface area (Å²) in [5.74, 6) is -0.123. The van der Waals surface area contributed by atoms with Crippen molar-refractivity contribution in [2.45, 2.75) is 0 Å². The molecule has 0 aliphatic heterocycles. The molecule has 3 aromatic rings. The Morgan fingerprint density at radius 2 is 2.00 bits per heavy atom. The van der Waals surface area contributed by atoms with Gasteiger partial charge in [0.05, 0.1) is 12.8 Å². The van der Waals surface area contributed by atoms with E-state index in [1.165, 1.54) is 29.7 Å². The predicted molar refractivity (Wildman–Crippen MR) is 88.9 cm³/mol. The zero-order chi connectivity index (χ0) is 16.9. The molecule has 0 bridgehead atoms. The molecule has 8 heteroatoms. The van der Waals surface area contributed by atoms with Crippen molar-refractivity contribution in [1.29, 1.82) is 0 Å². The molecular formula is C16H13N3O4S. The molecule has 0 unspecified atom stereocenters. The van der Waals surface area contributed by atoms with Crippen LogP contribution in [0, 0.1) is 0 Å². The van der Waals surface area contributed by atoms with Gasteiger partial charge in [-0.15, -0.1) is 11.3 Å². The van der Waals surface area contributed by atoms with Gasteiger partial charge in [0.2, 0.25) is 5.91 Å². The smallest absolute Gasteiger partial charge is 0.271 e. The number of anilines is 1. The maximum absolute atomic E-state index is 12.0. The first-order chi connectivity index (χ1) is 11.6. The Kier molecular flexibility index (Phi) is 4.57. The third-order valence-corrected chi connectivity index (χ3v) is 3.89. The van der Waals surface area contributed by atoms with Crippen LogP contribution in [0.2, 0.25) is 0 Å². The molecule has 0 atom stereocenters. The molecule has 24 heavy (non-hydrogen) atoms. The van der Waals surface area contributed by atoms with Crippen LogP contribution < -0.4 is 10.6 Å². The minimum absolute atomic E-state index is 0.109. The average molecular weight is 343 g/mol. The zero-order valence-corrected chi connectivity index (χ0v) is 13.2. The Morgan fingerprint density at radius 1 is 1.21 bits per heavy atom. The fourth-order valence-electron chi connectivity index (χ4n) is 1.89. The SMILES string of the molecule is O=C(CNC(=O)c1csc(-c2ccco2)n1)Nc1ccc(O)cc1. The monoisotopic (exact) mass is 343 g/mol. The summed E-state index contributed by atoms with van der Waals surface area (Å²) in [5.41, 5.74) is 0.754. The molecule has 0 fully saturated rings. The summed E-state index contributed by atoms with van der Waals surface area (Å²) in [7, 11) is 0. The summed E-state index contributed by atoms with van der Waals surface area (Å²) in [5, 5.41) is 16.5. The van der Waals surface area contributed by atoms with Crippen molar-refractivity contribution in [2.75, 3.05) is 11.9 Å².